The molecular formula is C8H13N3O2S2. The lowest BCUT2D eigenvalue weighted by Crippen LogP contribution is -2.26. The number of hydrogen-bond acceptors (Lipinski definition) is 6. The number of carbonyl (C=O) groups is 1. The first-order valence-electron chi connectivity index (χ1n) is 4.59. The van der Waals surface area contributed by atoms with Crippen molar-refractivity contribution in [2.24, 2.45) is 0 Å². The maximum absolute atomic E-state index is 11.3. The van der Waals surface area contributed by atoms with Crippen LogP contribution >= 0.6 is 23.5 Å². The molecule has 0 unspecified atom stereocenters. The maximum Gasteiger partial charge on any atom is 0.272 e. The van der Waals surface area contributed by atoms with Gasteiger partial charge in [0.2, 0.25) is 0 Å². The average Bonchev–Trinajstić information content (AvgIpc) is 2.76. The van der Waals surface area contributed by atoms with Gasteiger partial charge in [-0.1, -0.05) is 0 Å². The van der Waals surface area contributed by atoms with E-state index in [9.17, 15) is 4.79 Å². The molecule has 7 heteroatoms. The SMILES string of the molecule is O=C(NCCSCCCO)c1cnsn1. The highest BCUT2D eigenvalue weighted by molar-refractivity contribution is 7.99. The molecule has 0 aromatic carbocycles. The van der Waals surface area contributed by atoms with Crippen LogP contribution in [0.15, 0.2) is 6.20 Å². The summed E-state index contributed by atoms with van der Waals surface area (Å²) < 4.78 is 7.57. The molecule has 0 bridgehead atoms. The minimum Gasteiger partial charge on any atom is -0.396 e. The zero-order valence-corrected chi connectivity index (χ0v) is 9.81. The highest BCUT2D eigenvalue weighted by Gasteiger charge is 2.06. The Morgan fingerprint density at radius 2 is 2.47 bits per heavy atom. The van der Waals surface area contributed by atoms with Gasteiger partial charge in [-0.25, -0.2) is 0 Å². The fraction of sp³-hybridized carbons (Fsp3) is 0.625. The van der Waals surface area contributed by atoms with Crippen LogP contribution in [-0.4, -0.2) is 44.4 Å². The summed E-state index contributed by atoms with van der Waals surface area (Å²) in [6, 6.07) is 0. The summed E-state index contributed by atoms with van der Waals surface area (Å²) >= 11 is 2.73. The third-order valence-corrected chi connectivity index (χ3v) is 3.12. The molecule has 1 aromatic heterocycles. The van der Waals surface area contributed by atoms with E-state index >= 15 is 0 Å². The molecule has 84 valence electrons. The van der Waals surface area contributed by atoms with Crippen molar-refractivity contribution in [3.05, 3.63) is 11.9 Å². The van der Waals surface area contributed by atoms with Crippen molar-refractivity contribution in [1.82, 2.24) is 14.1 Å². The van der Waals surface area contributed by atoms with Gasteiger partial charge in [-0.05, 0) is 12.2 Å². The lowest BCUT2D eigenvalue weighted by atomic mass is 10.4. The van der Waals surface area contributed by atoms with Gasteiger partial charge in [-0.15, -0.1) is 0 Å². The van der Waals surface area contributed by atoms with Crippen molar-refractivity contribution >= 4 is 29.4 Å². The van der Waals surface area contributed by atoms with E-state index in [0.29, 0.717) is 12.2 Å². The number of aliphatic hydroxyl groups is 1. The lowest BCUT2D eigenvalue weighted by Gasteiger charge is -2.02. The summed E-state index contributed by atoms with van der Waals surface area (Å²) in [5.41, 5.74) is 0.375. The number of aromatic nitrogens is 2. The van der Waals surface area contributed by atoms with Crippen molar-refractivity contribution in [1.29, 1.82) is 0 Å². The summed E-state index contributed by atoms with van der Waals surface area (Å²) in [6.45, 7) is 0.844. The molecule has 5 nitrogen and oxygen atoms in total. The summed E-state index contributed by atoms with van der Waals surface area (Å²) in [7, 11) is 0. The van der Waals surface area contributed by atoms with Crippen LogP contribution in [0.2, 0.25) is 0 Å². The molecule has 1 aromatic rings. The van der Waals surface area contributed by atoms with Gasteiger partial charge in [0.15, 0.2) is 5.69 Å². The van der Waals surface area contributed by atoms with Crippen LogP contribution < -0.4 is 5.32 Å². The Balaban J connectivity index is 2.03. The largest absolute Gasteiger partial charge is 0.396 e. The first-order valence-corrected chi connectivity index (χ1v) is 6.47. The molecule has 0 aliphatic heterocycles. The van der Waals surface area contributed by atoms with Crippen LogP contribution in [0.4, 0.5) is 0 Å². The van der Waals surface area contributed by atoms with E-state index < -0.39 is 0 Å². The number of carbonyl (C=O) groups excluding carboxylic acids is 1. The Morgan fingerprint density at radius 1 is 1.60 bits per heavy atom. The first kappa shape index (κ1) is 12.4. The Hall–Kier alpha value is -0.660. The van der Waals surface area contributed by atoms with Crippen molar-refractivity contribution < 1.29 is 9.90 Å². The number of amides is 1. The molecule has 0 aliphatic carbocycles. The number of nitrogens with zero attached hydrogens (tertiary/aromatic N) is 2. The summed E-state index contributed by atoms with van der Waals surface area (Å²) in [6.07, 6.45) is 2.26. The summed E-state index contributed by atoms with van der Waals surface area (Å²) in [4.78, 5) is 11.3. The van der Waals surface area contributed by atoms with Gasteiger partial charge in [-0.2, -0.15) is 20.5 Å². The van der Waals surface area contributed by atoms with Crippen LogP contribution in [0.1, 0.15) is 16.9 Å². The second kappa shape index (κ2) is 7.61. The van der Waals surface area contributed by atoms with Crippen molar-refractivity contribution in [3.63, 3.8) is 0 Å². The normalized spacial score (nSPS) is 10.2. The predicted octanol–water partition coefficient (Wildman–Crippen LogP) is 0.384. The molecular weight excluding hydrogens is 234 g/mol. The molecule has 0 saturated carbocycles. The molecule has 1 heterocycles. The Kier molecular flexibility index (Phi) is 6.29. The van der Waals surface area contributed by atoms with Crippen LogP contribution in [-0.2, 0) is 0 Å². The Labute approximate surface area is 96.6 Å². The average molecular weight is 247 g/mol. The van der Waals surface area contributed by atoms with Gasteiger partial charge in [0.05, 0.1) is 17.9 Å². The van der Waals surface area contributed by atoms with Crippen molar-refractivity contribution in [2.75, 3.05) is 24.7 Å². The second-order valence-corrected chi connectivity index (χ2v) is 4.52. The highest BCUT2D eigenvalue weighted by Crippen LogP contribution is 2.00. The van der Waals surface area contributed by atoms with Gasteiger partial charge in [0.1, 0.15) is 0 Å². The second-order valence-electron chi connectivity index (χ2n) is 2.74. The number of rotatable bonds is 7. The number of nitrogens with one attached hydrogen (secondary N) is 1. The predicted molar refractivity (Wildman–Crippen MR) is 61.3 cm³/mol. The minimum atomic E-state index is -0.175. The van der Waals surface area contributed by atoms with Gasteiger partial charge >= 0.3 is 0 Å². The van der Waals surface area contributed by atoms with E-state index in [1.54, 1.807) is 11.8 Å². The van der Waals surface area contributed by atoms with E-state index in [-0.39, 0.29) is 12.5 Å². The lowest BCUT2D eigenvalue weighted by molar-refractivity contribution is 0.0952. The van der Waals surface area contributed by atoms with Crippen LogP contribution in [0, 0.1) is 0 Å². The molecule has 0 atom stereocenters. The molecule has 1 amide bonds. The van der Waals surface area contributed by atoms with Crippen LogP contribution in [0.5, 0.6) is 0 Å². The highest BCUT2D eigenvalue weighted by atomic mass is 32.2. The standard InChI is InChI=1S/C8H13N3O2S2/c12-3-1-4-14-5-2-9-8(13)7-6-10-15-11-7/h6,12H,1-5H2,(H,9,13). The Bertz CT molecular complexity index is 279. The quantitative estimate of drug-likeness (QED) is 0.681. The number of aliphatic hydroxyl groups excluding tert-OH is 1. The fourth-order valence-corrected chi connectivity index (χ4v) is 2.06. The van der Waals surface area contributed by atoms with E-state index in [1.165, 1.54) is 6.20 Å². The first-order chi connectivity index (χ1) is 7.34. The van der Waals surface area contributed by atoms with E-state index in [2.05, 4.69) is 14.1 Å². The van der Waals surface area contributed by atoms with Gasteiger partial charge < -0.3 is 10.4 Å². The monoisotopic (exact) mass is 247 g/mol. The number of hydrogen-bond donors (Lipinski definition) is 2. The third kappa shape index (κ3) is 5.10. The Morgan fingerprint density at radius 3 is 3.13 bits per heavy atom. The van der Waals surface area contributed by atoms with Crippen LogP contribution in [0.3, 0.4) is 0 Å². The van der Waals surface area contributed by atoms with Crippen molar-refractivity contribution in [3.8, 4) is 0 Å². The van der Waals surface area contributed by atoms with E-state index in [1.807, 2.05) is 0 Å². The topological polar surface area (TPSA) is 75.1 Å². The van der Waals surface area contributed by atoms with E-state index in [4.69, 9.17) is 5.11 Å². The van der Waals surface area contributed by atoms with Crippen LogP contribution in [0.25, 0.3) is 0 Å². The summed E-state index contributed by atoms with van der Waals surface area (Å²) in [5, 5.41) is 11.3. The molecule has 0 spiro atoms. The third-order valence-electron chi connectivity index (χ3n) is 1.57. The van der Waals surface area contributed by atoms with Gasteiger partial charge in [0, 0.05) is 18.9 Å². The van der Waals surface area contributed by atoms with Crippen molar-refractivity contribution in [2.45, 2.75) is 6.42 Å². The fourth-order valence-electron chi connectivity index (χ4n) is 0.861. The van der Waals surface area contributed by atoms with E-state index in [0.717, 1.165) is 29.7 Å². The zero-order chi connectivity index (χ0) is 10.9. The van der Waals surface area contributed by atoms with Gasteiger partial charge in [-0.3, -0.25) is 4.79 Å². The molecule has 0 saturated heterocycles. The molecule has 2 N–H and O–H groups in total. The number of thioether (sulfide) groups is 1. The molecule has 0 fully saturated rings. The molecule has 0 radical (unpaired) electrons. The zero-order valence-electron chi connectivity index (χ0n) is 8.18. The maximum atomic E-state index is 11.3. The molecule has 15 heavy (non-hydrogen) atoms. The minimum absolute atomic E-state index is 0.175. The molecule has 1 rings (SSSR count). The molecule has 0 aliphatic rings. The summed E-state index contributed by atoms with van der Waals surface area (Å²) in [5.74, 6) is 1.60. The smallest absolute Gasteiger partial charge is 0.272 e. The van der Waals surface area contributed by atoms with Gasteiger partial charge in [0.25, 0.3) is 5.91 Å².